The molecule has 20 heavy (non-hydrogen) atoms. The van der Waals surface area contributed by atoms with Crippen LogP contribution in [0.25, 0.3) is 0 Å². The first-order valence-corrected chi connectivity index (χ1v) is 7.11. The van der Waals surface area contributed by atoms with Crippen molar-refractivity contribution in [2.75, 3.05) is 11.9 Å². The smallest absolute Gasteiger partial charge is 0.252 e. The zero-order chi connectivity index (χ0) is 14.7. The van der Waals surface area contributed by atoms with Crippen LogP contribution in [0.5, 0.6) is 0 Å². The molecule has 0 amide bonds. The van der Waals surface area contributed by atoms with Gasteiger partial charge >= 0.3 is 0 Å². The highest BCUT2D eigenvalue weighted by Crippen LogP contribution is 2.35. The summed E-state index contributed by atoms with van der Waals surface area (Å²) in [5, 5.41) is 10.8. The number of halogens is 4. The first-order valence-electron chi connectivity index (χ1n) is 5.48. The zero-order valence-electron chi connectivity index (χ0n) is 10.1. The zero-order valence-corrected chi connectivity index (χ0v) is 11.7. The highest BCUT2D eigenvalue weighted by atomic mass is 32.2. The SMILES string of the molecule is CCCNc1nnc(Sc2c(F)c(F)nc(F)c2F)s1. The van der Waals surface area contributed by atoms with E-state index in [4.69, 9.17) is 0 Å². The monoisotopic (exact) mass is 324 g/mol. The van der Waals surface area contributed by atoms with Crippen molar-refractivity contribution in [2.24, 2.45) is 0 Å². The van der Waals surface area contributed by atoms with E-state index in [1.54, 1.807) is 0 Å². The number of hydrogen-bond acceptors (Lipinski definition) is 6. The van der Waals surface area contributed by atoms with Crippen LogP contribution in [0.15, 0.2) is 9.24 Å². The van der Waals surface area contributed by atoms with Crippen LogP contribution in [-0.2, 0) is 0 Å². The third kappa shape index (κ3) is 3.18. The second kappa shape index (κ2) is 6.35. The van der Waals surface area contributed by atoms with E-state index in [0.29, 0.717) is 23.4 Å². The Bertz CT molecular complexity index is 593. The Kier molecular flexibility index (Phi) is 4.76. The predicted octanol–water partition coefficient (Wildman–Crippen LogP) is 3.46. The first-order chi connectivity index (χ1) is 9.52. The Morgan fingerprint density at radius 2 is 1.75 bits per heavy atom. The van der Waals surface area contributed by atoms with E-state index >= 15 is 0 Å². The number of hydrogen-bond donors (Lipinski definition) is 1. The third-order valence-corrected chi connectivity index (χ3v) is 4.07. The Labute approximate surface area is 119 Å². The summed E-state index contributed by atoms with van der Waals surface area (Å²) in [4.78, 5) is 1.65. The van der Waals surface area contributed by atoms with Gasteiger partial charge in [0.1, 0.15) is 0 Å². The Hall–Kier alpha value is -1.42. The van der Waals surface area contributed by atoms with Crippen LogP contribution in [0.3, 0.4) is 0 Å². The van der Waals surface area contributed by atoms with Gasteiger partial charge in [-0.05, 0) is 6.42 Å². The molecular weight excluding hydrogens is 316 g/mol. The van der Waals surface area contributed by atoms with Gasteiger partial charge < -0.3 is 5.32 Å². The Balaban J connectivity index is 2.24. The second-order valence-electron chi connectivity index (χ2n) is 3.55. The highest BCUT2D eigenvalue weighted by molar-refractivity contribution is 8.01. The highest BCUT2D eigenvalue weighted by Gasteiger charge is 2.22. The fourth-order valence-electron chi connectivity index (χ4n) is 1.20. The summed E-state index contributed by atoms with van der Waals surface area (Å²) >= 11 is 1.49. The second-order valence-corrected chi connectivity index (χ2v) is 5.79. The van der Waals surface area contributed by atoms with Crippen LogP contribution >= 0.6 is 23.1 Å². The van der Waals surface area contributed by atoms with E-state index in [-0.39, 0.29) is 4.34 Å². The van der Waals surface area contributed by atoms with E-state index in [9.17, 15) is 17.6 Å². The van der Waals surface area contributed by atoms with E-state index in [2.05, 4.69) is 20.5 Å². The number of nitrogens with one attached hydrogen (secondary N) is 1. The molecule has 2 heterocycles. The lowest BCUT2D eigenvalue weighted by atomic mass is 10.4. The number of nitrogens with zero attached hydrogens (tertiary/aromatic N) is 3. The summed E-state index contributed by atoms with van der Waals surface area (Å²) in [7, 11) is 0. The largest absolute Gasteiger partial charge is 0.360 e. The van der Waals surface area contributed by atoms with Gasteiger partial charge in [-0.3, -0.25) is 0 Å². The summed E-state index contributed by atoms with van der Waals surface area (Å²) in [6, 6.07) is 0. The minimum absolute atomic E-state index is 0.159. The standard InChI is InChI=1S/C10H8F4N4S2/c1-2-3-15-9-17-18-10(20-9)19-6-4(11)7(13)16-8(14)5(6)12/h2-3H2,1H3,(H,15,17). The predicted molar refractivity (Wildman–Crippen MR) is 66.9 cm³/mol. The molecule has 0 fully saturated rings. The van der Waals surface area contributed by atoms with E-state index in [0.717, 1.165) is 17.8 Å². The average molecular weight is 324 g/mol. The topological polar surface area (TPSA) is 50.7 Å². The number of aromatic nitrogens is 3. The van der Waals surface area contributed by atoms with Gasteiger partial charge in [-0.1, -0.05) is 30.0 Å². The average Bonchev–Trinajstić information content (AvgIpc) is 2.87. The summed E-state index contributed by atoms with van der Waals surface area (Å²) in [6.07, 6.45) is 0.867. The normalized spacial score (nSPS) is 10.8. The molecule has 0 aliphatic carbocycles. The van der Waals surface area contributed by atoms with E-state index in [1.165, 1.54) is 0 Å². The van der Waals surface area contributed by atoms with Crippen molar-refractivity contribution in [2.45, 2.75) is 22.6 Å². The van der Waals surface area contributed by atoms with Crippen LogP contribution in [0.1, 0.15) is 13.3 Å². The Morgan fingerprint density at radius 3 is 2.35 bits per heavy atom. The maximum absolute atomic E-state index is 13.4. The molecule has 0 unspecified atom stereocenters. The van der Waals surface area contributed by atoms with Gasteiger partial charge in [0.05, 0.1) is 4.90 Å². The van der Waals surface area contributed by atoms with Gasteiger partial charge in [0.15, 0.2) is 16.0 Å². The van der Waals surface area contributed by atoms with Crippen LogP contribution in [0, 0.1) is 23.5 Å². The van der Waals surface area contributed by atoms with Crippen molar-refractivity contribution in [3.63, 3.8) is 0 Å². The lowest BCUT2D eigenvalue weighted by Crippen LogP contribution is -2.01. The van der Waals surface area contributed by atoms with Crippen LogP contribution in [0.4, 0.5) is 22.7 Å². The van der Waals surface area contributed by atoms with Crippen molar-refractivity contribution >= 4 is 28.2 Å². The maximum atomic E-state index is 13.4. The molecular formula is C10H8F4N4S2. The quantitative estimate of drug-likeness (QED) is 0.674. The first kappa shape index (κ1) is 15.0. The third-order valence-electron chi connectivity index (χ3n) is 2.08. The molecule has 2 aromatic heterocycles. The summed E-state index contributed by atoms with van der Waals surface area (Å²) in [5.74, 6) is -6.49. The number of pyridine rings is 1. The van der Waals surface area contributed by atoms with Gasteiger partial charge in [0.25, 0.3) is 11.9 Å². The molecule has 0 saturated heterocycles. The number of anilines is 1. The molecule has 1 N–H and O–H groups in total. The molecule has 0 aliphatic rings. The Morgan fingerprint density at radius 1 is 1.10 bits per heavy atom. The van der Waals surface area contributed by atoms with Crippen LogP contribution in [-0.4, -0.2) is 21.7 Å². The maximum Gasteiger partial charge on any atom is 0.252 e. The molecule has 2 rings (SSSR count). The fraction of sp³-hybridized carbons (Fsp3) is 0.300. The summed E-state index contributed by atoms with van der Waals surface area (Å²) in [6.45, 7) is 2.62. The lowest BCUT2D eigenvalue weighted by molar-refractivity contribution is 0.383. The van der Waals surface area contributed by atoms with Crippen molar-refractivity contribution < 1.29 is 17.6 Å². The van der Waals surface area contributed by atoms with Gasteiger partial charge in [-0.25, -0.2) is 8.78 Å². The molecule has 10 heteroatoms. The van der Waals surface area contributed by atoms with Crippen molar-refractivity contribution in [1.82, 2.24) is 15.2 Å². The molecule has 2 aromatic rings. The van der Waals surface area contributed by atoms with Crippen molar-refractivity contribution in [1.29, 1.82) is 0 Å². The van der Waals surface area contributed by atoms with Crippen molar-refractivity contribution in [3.05, 3.63) is 23.5 Å². The van der Waals surface area contributed by atoms with Gasteiger partial charge in [0.2, 0.25) is 5.13 Å². The molecule has 0 saturated carbocycles. The molecule has 0 bridgehead atoms. The summed E-state index contributed by atoms with van der Waals surface area (Å²) < 4.78 is 52.9. The number of rotatable bonds is 5. The van der Waals surface area contributed by atoms with Crippen LogP contribution < -0.4 is 5.32 Å². The van der Waals surface area contributed by atoms with E-state index in [1.807, 2.05) is 6.92 Å². The lowest BCUT2D eigenvalue weighted by Gasteiger charge is -2.02. The van der Waals surface area contributed by atoms with Gasteiger partial charge in [-0.2, -0.15) is 13.8 Å². The molecule has 0 radical (unpaired) electrons. The molecule has 0 atom stereocenters. The minimum Gasteiger partial charge on any atom is -0.360 e. The van der Waals surface area contributed by atoms with Crippen molar-refractivity contribution in [3.8, 4) is 0 Å². The molecule has 0 aromatic carbocycles. The van der Waals surface area contributed by atoms with Gasteiger partial charge in [0, 0.05) is 6.54 Å². The van der Waals surface area contributed by atoms with Gasteiger partial charge in [-0.15, -0.1) is 10.2 Å². The molecule has 108 valence electrons. The minimum atomic E-state index is -1.69. The fourth-order valence-corrected chi connectivity index (χ4v) is 2.96. The molecule has 4 nitrogen and oxygen atoms in total. The van der Waals surface area contributed by atoms with Crippen LogP contribution in [0.2, 0.25) is 0 Å². The van der Waals surface area contributed by atoms with E-state index < -0.39 is 28.4 Å². The molecule has 0 spiro atoms. The summed E-state index contributed by atoms with van der Waals surface area (Å²) in [5.41, 5.74) is 0. The molecule has 0 aliphatic heterocycles.